The minimum atomic E-state index is -0.623. The molecule has 27 heavy (non-hydrogen) atoms. The minimum Gasteiger partial charge on any atom is -0.388 e. The highest BCUT2D eigenvalue weighted by molar-refractivity contribution is 7.17. The first-order valence-corrected chi connectivity index (χ1v) is 10.4. The Morgan fingerprint density at radius 1 is 1.15 bits per heavy atom. The molecule has 0 amide bonds. The maximum absolute atomic E-state index is 10.8. The molecule has 0 saturated heterocycles. The van der Waals surface area contributed by atoms with Crippen LogP contribution in [-0.2, 0) is 6.54 Å². The monoisotopic (exact) mass is 382 g/mol. The number of nitrogens with one attached hydrogen (secondary N) is 1. The zero-order valence-corrected chi connectivity index (χ0v) is 16.7. The lowest BCUT2D eigenvalue weighted by atomic mass is 10.0. The number of hydrogen-bond donors (Lipinski definition) is 2. The van der Waals surface area contributed by atoms with E-state index in [4.69, 9.17) is 9.97 Å². The molecule has 1 aromatic carbocycles. The van der Waals surface area contributed by atoms with E-state index in [0.717, 1.165) is 58.7 Å². The number of benzene rings is 1. The summed E-state index contributed by atoms with van der Waals surface area (Å²) in [4.78, 5) is 12.7. The quantitative estimate of drug-likeness (QED) is 0.671. The third kappa shape index (κ3) is 3.98. The van der Waals surface area contributed by atoms with Gasteiger partial charge < -0.3 is 15.3 Å². The van der Waals surface area contributed by atoms with Gasteiger partial charge in [-0.15, -0.1) is 11.3 Å². The molecule has 1 aliphatic rings. The summed E-state index contributed by atoms with van der Waals surface area (Å²) < 4.78 is 0. The van der Waals surface area contributed by atoms with Crippen LogP contribution in [0.3, 0.4) is 0 Å². The molecule has 1 aliphatic carbocycles. The Labute approximate surface area is 164 Å². The van der Waals surface area contributed by atoms with Gasteiger partial charge >= 0.3 is 0 Å². The average Bonchev–Trinajstić information content (AvgIpc) is 3.27. The van der Waals surface area contributed by atoms with Crippen molar-refractivity contribution in [3.8, 4) is 11.1 Å². The third-order valence-electron chi connectivity index (χ3n) is 5.14. The van der Waals surface area contributed by atoms with Crippen molar-refractivity contribution in [3.05, 3.63) is 41.5 Å². The van der Waals surface area contributed by atoms with E-state index in [0.29, 0.717) is 13.1 Å². The SMILES string of the molecule is CN(C)Cc1nc(NCC2(O)CCCC2)c2c(-c3ccccc3)csc2n1. The second-order valence-corrected chi connectivity index (χ2v) is 8.56. The summed E-state index contributed by atoms with van der Waals surface area (Å²) in [5.74, 6) is 1.63. The molecular weight excluding hydrogens is 356 g/mol. The molecule has 0 spiro atoms. The van der Waals surface area contributed by atoms with Gasteiger partial charge in [0.2, 0.25) is 0 Å². The largest absolute Gasteiger partial charge is 0.388 e. The Morgan fingerprint density at radius 3 is 2.59 bits per heavy atom. The Kier molecular flexibility index (Phi) is 5.12. The zero-order valence-electron chi connectivity index (χ0n) is 15.9. The molecule has 4 rings (SSSR count). The molecule has 0 aliphatic heterocycles. The molecule has 0 unspecified atom stereocenters. The highest BCUT2D eigenvalue weighted by atomic mass is 32.1. The number of anilines is 1. The van der Waals surface area contributed by atoms with Gasteiger partial charge in [0.15, 0.2) is 0 Å². The maximum atomic E-state index is 10.8. The van der Waals surface area contributed by atoms with Gasteiger partial charge in [0.05, 0.1) is 17.5 Å². The Balaban J connectivity index is 1.75. The minimum absolute atomic E-state index is 0.532. The van der Waals surface area contributed by atoms with Crippen molar-refractivity contribution >= 4 is 27.4 Å². The standard InChI is InChI=1S/C21H26N4OS/c1-25(2)12-17-23-19(22-14-21(26)10-6-7-11-21)18-16(13-27-20(18)24-17)15-8-4-3-5-9-15/h3-5,8-9,13,26H,6-7,10-12,14H2,1-2H3,(H,22,23,24). The molecule has 142 valence electrons. The second kappa shape index (κ2) is 7.54. The van der Waals surface area contributed by atoms with E-state index >= 15 is 0 Å². The molecule has 0 atom stereocenters. The maximum Gasteiger partial charge on any atom is 0.146 e. The van der Waals surface area contributed by atoms with E-state index in [2.05, 4.69) is 39.9 Å². The van der Waals surface area contributed by atoms with Crippen molar-refractivity contribution in [1.29, 1.82) is 0 Å². The van der Waals surface area contributed by atoms with Crippen LogP contribution in [0.1, 0.15) is 31.5 Å². The van der Waals surface area contributed by atoms with Crippen molar-refractivity contribution < 1.29 is 5.11 Å². The van der Waals surface area contributed by atoms with Crippen LogP contribution in [0.2, 0.25) is 0 Å². The first-order chi connectivity index (χ1) is 13.0. The molecule has 0 radical (unpaired) electrons. The molecule has 2 N–H and O–H groups in total. The lowest BCUT2D eigenvalue weighted by Crippen LogP contribution is -2.33. The molecule has 0 bridgehead atoms. The predicted molar refractivity (Wildman–Crippen MR) is 112 cm³/mol. The van der Waals surface area contributed by atoms with Crippen molar-refractivity contribution in [2.75, 3.05) is 26.0 Å². The van der Waals surface area contributed by atoms with Crippen LogP contribution in [0.25, 0.3) is 21.3 Å². The zero-order chi connectivity index (χ0) is 18.9. The highest BCUT2D eigenvalue weighted by Gasteiger charge is 2.31. The van der Waals surface area contributed by atoms with Crippen LogP contribution >= 0.6 is 11.3 Å². The summed E-state index contributed by atoms with van der Waals surface area (Å²) in [5.41, 5.74) is 1.69. The summed E-state index contributed by atoms with van der Waals surface area (Å²) >= 11 is 1.65. The van der Waals surface area contributed by atoms with Gasteiger partial charge in [0, 0.05) is 17.5 Å². The van der Waals surface area contributed by atoms with E-state index in [-0.39, 0.29) is 0 Å². The third-order valence-corrected chi connectivity index (χ3v) is 6.01. The van der Waals surface area contributed by atoms with Crippen LogP contribution in [0.15, 0.2) is 35.7 Å². The smallest absolute Gasteiger partial charge is 0.146 e. The van der Waals surface area contributed by atoms with E-state index in [1.165, 1.54) is 0 Å². The Hall–Kier alpha value is -2.02. The number of aromatic nitrogens is 2. The first-order valence-electron chi connectivity index (χ1n) is 9.49. The fourth-order valence-corrected chi connectivity index (χ4v) is 4.72. The summed E-state index contributed by atoms with van der Waals surface area (Å²) in [6.07, 6.45) is 3.90. The molecule has 2 heterocycles. The summed E-state index contributed by atoms with van der Waals surface area (Å²) in [7, 11) is 4.04. The summed E-state index contributed by atoms with van der Waals surface area (Å²) in [6, 6.07) is 10.4. The van der Waals surface area contributed by atoms with E-state index in [1.54, 1.807) is 11.3 Å². The van der Waals surface area contributed by atoms with Crippen LogP contribution in [-0.4, -0.2) is 46.2 Å². The fourth-order valence-electron chi connectivity index (χ4n) is 3.76. The number of nitrogens with zero attached hydrogens (tertiary/aromatic N) is 3. The predicted octanol–water partition coefficient (Wildman–Crippen LogP) is 4.14. The van der Waals surface area contributed by atoms with Crippen LogP contribution < -0.4 is 5.32 Å². The second-order valence-electron chi connectivity index (χ2n) is 7.71. The Bertz CT molecular complexity index is 917. The van der Waals surface area contributed by atoms with Gasteiger partial charge in [-0.25, -0.2) is 9.97 Å². The number of aliphatic hydroxyl groups is 1. The van der Waals surface area contributed by atoms with Gasteiger partial charge in [0.1, 0.15) is 16.5 Å². The van der Waals surface area contributed by atoms with Crippen molar-refractivity contribution in [1.82, 2.24) is 14.9 Å². The van der Waals surface area contributed by atoms with E-state index < -0.39 is 5.60 Å². The van der Waals surface area contributed by atoms with Gasteiger partial charge in [-0.3, -0.25) is 0 Å². The normalized spacial score (nSPS) is 16.3. The molecule has 2 aromatic heterocycles. The van der Waals surface area contributed by atoms with Crippen LogP contribution in [0.5, 0.6) is 0 Å². The van der Waals surface area contributed by atoms with Crippen molar-refractivity contribution in [2.24, 2.45) is 0 Å². The van der Waals surface area contributed by atoms with Gasteiger partial charge in [-0.05, 0) is 32.5 Å². The van der Waals surface area contributed by atoms with Gasteiger partial charge in [-0.1, -0.05) is 43.2 Å². The average molecular weight is 383 g/mol. The molecular formula is C21H26N4OS. The lowest BCUT2D eigenvalue weighted by Gasteiger charge is -2.23. The lowest BCUT2D eigenvalue weighted by molar-refractivity contribution is 0.0614. The van der Waals surface area contributed by atoms with Gasteiger partial charge in [-0.2, -0.15) is 0 Å². The first kappa shape index (κ1) is 18.3. The fraction of sp³-hybridized carbons (Fsp3) is 0.429. The summed E-state index contributed by atoms with van der Waals surface area (Å²) in [6.45, 7) is 1.22. The summed E-state index contributed by atoms with van der Waals surface area (Å²) in [5, 5.41) is 17.4. The Morgan fingerprint density at radius 2 is 1.89 bits per heavy atom. The molecule has 1 saturated carbocycles. The number of thiophene rings is 1. The molecule has 6 heteroatoms. The molecule has 5 nitrogen and oxygen atoms in total. The van der Waals surface area contributed by atoms with Crippen molar-refractivity contribution in [3.63, 3.8) is 0 Å². The van der Waals surface area contributed by atoms with Crippen LogP contribution in [0, 0.1) is 0 Å². The molecule has 1 fully saturated rings. The van der Waals surface area contributed by atoms with E-state index in [1.807, 2.05) is 20.2 Å². The molecule has 3 aromatic rings. The van der Waals surface area contributed by atoms with Crippen molar-refractivity contribution in [2.45, 2.75) is 37.8 Å². The number of fused-ring (bicyclic) bond motifs is 1. The topological polar surface area (TPSA) is 61.3 Å². The van der Waals surface area contributed by atoms with Crippen LogP contribution in [0.4, 0.5) is 5.82 Å². The number of rotatable bonds is 6. The number of hydrogen-bond acceptors (Lipinski definition) is 6. The highest BCUT2D eigenvalue weighted by Crippen LogP contribution is 2.38. The van der Waals surface area contributed by atoms with Gasteiger partial charge in [0.25, 0.3) is 0 Å². The van der Waals surface area contributed by atoms with E-state index in [9.17, 15) is 5.11 Å².